The van der Waals surface area contributed by atoms with Gasteiger partial charge in [-0.15, -0.1) is 0 Å². The Morgan fingerprint density at radius 3 is 1.50 bits per heavy atom. The first-order chi connectivity index (χ1) is 13.8. The van der Waals surface area contributed by atoms with E-state index in [0.717, 1.165) is 22.3 Å². The van der Waals surface area contributed by atoms with Crippen molar-refractivity contribution in [3.05, 3.63) is 59.7 Å². The first-order valence-electron chi connectivity index (χ1n) is 9.38. The summed E-state index contributed by atoms with van der Waals surface area (Å²) in [6, 6.07) is 16.3. The van der Waals surface area contributed by atoms with Gasteiger partial charge >= 0.3 is 0 Å². The van der Waals surface area contributed by atoms with Crippen LogP contribution in [0.4, 0.5) is 0 Å². The molecule has 2 aromatic rings. The summed E-state index contributed by atoms with van der Waals surface area (Å²) < 4.78 is 22.2. The first-order valence-corrected chi connectivity index (χ1v) is 9.38. The van der Waals surface area contributed by atoms with Crippen molar-refractivity contribution in [3.63, 3.8) is 0 Å². The number of aliphatic imine (C=N–C) groups is 2. The Balaban J connectivity index is 1.72. The van der Waals surface area contributed by atoms with E-state index in [0.29, 0.717) is 38.2 Å². The number of ether oxygens (including phenoxy) is 4. The maximum absolute atomic E-state index is 5.87. The third-order valence-corrected chi connectivity index (χ3v) is 4.75. The fraction of sp³-hybridized carbons (Fsp3) is 0.364. The molecule has 6 heteroatoms. The molecule has 0 spiro atoms. The quantitative estimate of drug-likeness (QED) is 0.741. The molecule has 0 saturated carbocycles. The molecule has 0 fully saturated rings. The molecule has 2 aliphatic rings. The number of hydrogen-bond donors (Lipinski definition) is 0. The lowest BCUT2D eigenvalue weighted by Crippen LogP contribution is -2.13. The van der Waals surface area contributed by atoms with Gasteiger partial charge in [0.2, 0.25) is 11.8 Å². The summed E-state index contributed by atoms with van der Waals surface area (Å²) in [6.07, 6.45) is 0. The Hall–Kier alpha value is -2.70. The summed E-state index contributed by atoms with van der Waals surface area (Å²) >= 11 is 0. The smallest absolute Gasteiger partial charge is 0.217 e. The Bertz CT molecular complexity index is 820. The van der Waals surface area contributed by atoms with Crippen molar-refractivity contribution < 1.29 is 18.9 Å². The SMILES string of the molecule is COC[C@@H]1COC(c2ccccc2-c2ccccc2C2=N[C@H](COC)CO2)=N1. The Morgan fingerprint density at radius 2 is 1.11 bits per heavy atom. The number of methoxy groups -OCH3 is 2. The third kappa shape index (κ3) is 3.79. The van der Waals surface area contributed by atoms with Crippen LogP contribution in [-0.2, 0) is 18.9 Å². The van der Waals surface area contributed by atoms with Gasteiger partial charge in [0.15, 0.2) is 0 Å². The van der Waals surface area contributed by atoms with E-state index in [1.54, 1.807) is 14.2 Å². The molecular weight excluding hydrogens is 356 g/mol. The van der Waals surface area contributed by atoms with Gasteiger partial charge in [0, 0.05) is 25.3 Å². The van der Waals surface area contributed by atoms with Crippen molar-refractivity contribution in [1.29, 1.82) is 0 Å². The van der Waals surface area contributed by atoms with Crippen molar-refractivity contribution in [2.24, 2.45) is 9.98 Å². The molecule has 2 heterocycles. The zero-order chi connectivity index (χ0) is 19.3. The number of hydrogen-bond acceptors (Lipinski definition) is 6. The second-order valence-corrected chi connectivity index (χ2v) is 6.80. The maximum Gasteiger partial charge on any atom is 0.217 e. The Morgan fingerprint density at radius 1 is 0.714 bits per heavy atom. The molecule has 2 aromatic carbocycles. The molecule has 6 nitrogen and oxygen atoms in total. The van der Waals surface area contributed by atoms with Crippen LogP contribution in [0.3, 0.4) is 0 Å². The molecule has 0 amide bonds. The van der Waals surface area contributed by atoms with Gasteiger partial charge in [0.1, 0.15) is 25.3 Å². The molecule has 0 aliphatic carbocycles. The fourth-order valence-corrected chi connectivity index (χ4v) is 3.49. The molecule has 0 unspecified atom stereocenters. The lowest BCUT2D eigenvalue weighted by molar-refractivity contribution is 0.164. The van der Waals surface area contributed by atoms with Crippen LogP contribution in [-0.4, -0.2) is 64.5 Å². The third-order valence-electron chi connectivity index (χ3n) is 4.75. The van der Waals surface area contributed by atoms with Crippen molar-refractivity contribution >= 4 is 11.8 Å². The minimum atomic E-state index is 0.0284. The van der Waals surface area contributed by atoms with Crippen LogP contribution in [0.2, 0.25) is 0 Å². The topological polar surface area (TPSA) is 61.6 Å². The molecule has 4 rings (SSSR count). The van der Waals surface area contributed by atoms with E-state index >= 15 is 0 Å². The van der Waals surface area contributed by atoms with Gasteiger partial charge in [0.05, 0.1) is 13.2 Å². The van der Waals surface area contributed by atoms with Crippen LogP contribution in [0, 0.1) is 0 Å². The van der Waals surface area contributed by atoms with E-state index < -0.39 is 0 Å². The Kier molecular flexibility index (Phi) is 5.69. The van der Waals surface area contributed by atoms with Crippen molar-refractivity contribution in [2.75, 3.05) is 40.6 Å². The minimum absolute atomic E-state index is 0.0284. The van der Waals surface area contributed by atoms with Gasteiger partial charge in [0.25, 0.3) is 0 Å². The van der Waals surface area contributed by atoms with Gasteiger partial charge in [-0.05, 0) is 23.3 Å². The van der Waals surface area contributed by atoms with Gasteiger partial charge in [-0.1, -0.05) is 36.4 Å². The highest BCUT2D eigenvalue weighted by molar-refractivity contribution is 6.07. The van der Waals surface area contributed by atoms with Gasteiger partial charge in [-0.25, -0.2) is 9.98 Å². The molecular formula is C22H24N2O4. The second-order valence-electron chi connectivity index (χ2n) is 6.80. The fourth-order valence-electron chi connectivity index (χ4n) is 3.49. The largest absolute Gasteiger partial charge is 0.475 e. The molecule has 0 bridgehead atoms. The van der Waals surface area contributed by atoms with Gasteiger partial charge in [-0.3, -0.25) is 0 Å². The summed E-state index contributed by atoms with van der Waals surface area (Å²) in [5.74, 6) is 1.30. The van der Waals surface area contributed by atoms with E-state index in [2.05, 4.69) is 22.1 Å². The number of nitrogens with zero attached hydrogens (tertiary/aromatic N) is 2. The van der Waals surface area contributed by atoms with Crippen LogP contribution >= 0.6 is 0 Å². The molecule has 146 valence electrons. The lowest BCUT2D eigenvalue weighted by atomic mass is 9.95. The number of benzene rings is 2. The standard InChI is InChI=1S/C22H24N2O4/c1-25-11-15-13-27-21(23-15)19-9-5-3-7-17(19)18-8-4-6-10-20(18)22-24-16(12-26-2)14-28-22/h3-10,15-16H,11-14H2,1-2H3/t15-,16-/m1/s1. The van der Waals surface area contributed by atoms with Crippen LogP contribution < -0.4 is 0 Å². The molecule has 0 radical (unpaired) electrons. The minimum Gasteiger partial charge on any atom is -0.475 e. The normalized spacial score (nSPS) is 21.1. The van der Waals surface area contributed by atoms with E-state index in [9.17, 15) is 0 Å². The van der Waals surface area contributed by atoms with Crippen molar-refractivity contribution in [2.45, 2.75) is 12.1 Å². The summed E-state index contributed by atoms with van der Waals surface area (Å²) in [7, 11) is 3.35. The molecule has 0 N–H and O–H groups in total. The van der Waals surface area contributed by atoms with Gasteiger partial charge in [-0.2, -0.15) is 0 Å². The molecule has 2 aliphatic heterocycles. The molecule has 2 atom stereocenters. The lowest BCUT2D eigenvalue weighted by Gasteiger charge is -2.13. The predicted molar refractivity (Wildman–Crippen MR) is 108 cm³/mol. The van der Waals surface area contributed by atoms with Crippen LogP contribution in [0.25, 0.3) is 11.1 Å². The summed E-state index contributed by atoms with van der Waals surface area (Å²) in [4.78, 5) is 9.38. The van der Waals surface area contributed by atoms with Crippen molar-refractivity contribution in [3.8, 4) is 11.1 Å². The Labute approximate surface area is 164 Å². The first kappa shape index (κ1) is 18.7. The van der Waals surface area contributed by atoms with E-state index in [1.807, 2.05) is 36.4 Å². The zero-order valence-electron chi connectivity index (χ0n) is 16.1. The predicted octanol–water partition coefficient (Wildman–Crippen LogP) is 2.94. The average molecular weight is 380 g/mol. The highest BCUT2D eigenvalue weighted by Gasteiger charge is 2.25. The average Bonchev–Trinajstić information content (AvgIpc) is 3.38. The molecule has 28 heavy (non-hydrogen) atoms. The highest BCUT2D eigenvalue weighted by Crippen LogP contribution is 2.31. The van der Waals surface area contributed by atoms with Crippen LogP contribution in [0.1, 0.15) is 11.1 Å². The summed E-state index contributed by atoms with van der Waals surface area (Å²) in [6.45, 7) is 2.17. The maximum atomic E-state index is 5.87. The van der Waals surface area contributed by atoms with Gasteiger partial charge < -0.3 is 18.9 Å². The molecule has 0 aromatic heterocycles. The van der Waals surface area contributed by atoms with Crippen LogP contribution in [0.5, 0.6) is 0 Å². The van der Waals surface area contributed by atoms with E-state index in [-0.39, 0.29) is 12.1 Å². The summed E-state index contributed by atoms with van der Waals surface area (Å²) in [5, 5.41) is 0. The van der Waals surface area contributed by atoms with E-state index in [4.69, 9.17) is 18.9 Å². The number of rotatable bonds is 7. The van der Waals surface area contributed by atoms with E-state index in [1.165, 1.54) is 0 Å². The zero-order valence-corrected chi connectivity index (χ0v) is 16.1. The van der Waals surface area contributed by atoms with Crippen LogP contribution in [0.15, 0.2) is 58.5 Å². The summed E-state index contributed by atoms with van der Waals surface area (Å²) in [5.41, 5.74) is 3.99. The van der Waals surface area contributed by atoms with Crippen molar-refractivity contribution in [1.82, 2.24) is 0 Å². The highest BCUT2D eigenvalue weighted by atomic mass is 16.5. The molecule has 0 saturated heterocycles. The second kappa shape index (κ2) is 8.54. The monoisotopic (exact) mass is 380 g/mol.